The largest absolute Gasteiger partial charge is 0.347 e. The van der Waals surface area contributed by atoms with Crippen molar-refractivity contribution in [2.75, 3.05) is 16.8 Å². The molecule has 0 aliphatic rings. The second kappa shape index (κ2) is 8.50. The van der Waals surface area contributed by atoms with Crippen molar-refractivity contribution in [3.05, 3.63) is 69.4 Å². The van der Waals surface area contributed by atoms with E-state index in [0.717, 1.165) is 14.8 Å². The molecule has 4 nitrogen and oxygen atoms in total. The highest BCUT2D eigenvalue weighted by Crippen LogP contribution is 2.19. The molecule has 0 saturated heterocycles. The first-order chi connectivity index (χ1) is 11.5. The van der Waals surface area contributed by atoms with Gasteiger partial charge in [-0.1, -0.05) is 18.2 Å². The number of amides is 1. The summed E-state index contributed by atoms with van der Waals surface area (Å²) in [5.74, 6) is -0.406. The summed E-state index contributed by atoms with van der Waals surface area (Å²) in [7, 11) is 0. The summed E-state index contributed by atoms with van der Waals surface area (Å²) >= 11 is 2.22. The number of anilines is 2. The number of carbonyl (C=O) groups is 1. The van der Waals surface area contributed by atoms with E-state index >= 15 is 0 Å². The highest BCUT2D eigenvalue weighted by atomic mass is 127. The standard InChI is InChI=1S/C19H18IN3O/c1-3-23(17-7-5-4-6-8-17)13-15(12-21)19(24)22-18-10-9-16(20)11-14(18)2/h4-11,13H,3H2,1-2H3,(H,22,24)/b15-13-. The van der Waals surface area contributed by atoms with Gasteiger partial charge in [-0.2, -0.15) is 5.26 Å². The van der Waals surface area contributed by atoms with Gasteiger partial charge in [0.1, 0.15) is 11.6 Å². The number of hydrogen-bond donors (Lipinski definition) is 1. The van der Waals surface area contributed by atoms with E-state index in [1.54, 1.807) is 6.20 Å². The van der Waals surface area contributed by atoms with Crippen molar-refractivity contribution in [2.45, 2.75) is 13.8 Å². The van der Waals surface area contributed by atoms with Crippen LogP contribution in [0.4, 0.5) is 11.4 Å². The molecule has 0 saturated carbocycles. The second-order valence-electron chi connectivity index (χ2n) is 5.19. The van der Waals surface area contributed by atoms with E-state index in [2.05, 4.69) is 27.9 Å². The summed E-state index contributed by atoms with van der Waals surface area (Å²) in [5.41, 5.74) is 2.68. The lowest BCUT2D eigenvalue weighted by molar-refractivity contribution is -0.112. The van der Waals surface area contributed by atoms with Crippen molar-refractivity contribution >= 4 is 39.9 Å². The number of para-hydroxylation sites is 1. The molecule has 2 rings (SSSR count). The Kier molecular flexibility index (Phi) is 6.38. The van der Waals surface area contributed by atoms with Gasteiger partial charge in [0.25, 0.3) is 5.91 Å². The number of carbonyl (C=O) groups excluding carboxylic acids is 1. The highest BCUT2D eigenvalue weighted by Gasteiger charge is 2.13. The van der Waals surface area contributed by atoms with E-state index in [-0.39, 0.29) is 5.57 Å². The minimum atomic E-state index is -0.406. The first-order valence-electron chi connectivity index (χ1n) is 7.56. The normalized spacial score (nSPS) is 10.8. The molecule has 0 aliphatic carbocycles. The molecule has 0 aromatic heterocycles. The lowest BCUT2D eigenvalue weighted by Crippen LogP contribution is -2.20. The fourth-order valence-electron chi connectivity index (χ4n) is 2.22. The van der Waals surface area contributed by atoms with Gasteiger partial charge in [0.05, 0.1) is 0 Å². The molecule has 0 radical (unpaired) electrons. The molecule has 24 heavy (non-hydrogen) atoms. The van der Waals surface area contributed by atoms with Crippen molar-refractivity contribution in [3.63, 3.8) is 0 Å². The highest BCUT2D eigenvalue weighted by molar-refractivity contribution is 14.1. The lowest BCUT2D eigenvalue weighted by atomic mass is 10.2. The maximum absolute atomic E-state index is 12.4. The van der Waals surface area contributed by atoms with Crippen LogP contribution in [-0.4, -0.2) is 12.5 Å². The van der Waals surface area contributed by atoms with Crippen molar-refractivity contribution in [2.24, 2.45) is 0 Å². The van der Waals surface area contributed by atoms with Crippen molar-refractivity contribution < 1.29 is 4.79 Å². The summed E-state index contributed by atoms with van der Waals surface area (Å²) in [5, 5.41) is 12.2. The van der Waals surface area contributed by atoms with Gasteiger partial charge in [0, 0.05) is 27.7 Å². The number of nitrogens with zero attached hydrogens (tertiary/aromatic N) is 2. The molecule has 0 aliphatic heterocycles. The van der Waals surface area contributed by atoms with Crippen LogP contribution in [0.3, 0.4) is 0 Å². The Morgan fingerprint density at radius 3 is 2.58 bits per heavy atom. The Morgan fingerprint density at radius 1 is 1.29 bits per heavy atom. The molecular formula is C19H18IN3O. The molecule has 2 aromatic rings. The average molecular weight is 431 g/mol. The lowest BCUT2D eigenvalue weighted by Gasteiger charge is -2.19. The summed E-state index contributed by atoms with van der Waals surface area (Å²) in [6.45, 7) is 4.56. The van der Waals surface area contributed by atoms with E-state index in [1.807, 2.05) is 73.3 Å². The van der Waals surface area contributed by atoms with Crippen LogP contribution >= 0.6 is 22.6 Å². The zero-order valence-corrected chi connectivity index (χ0v) is 15.7. The molecule has 1 amide bonds. The molecule has 2 aromatic carbocycles. The third-order valence-corrected chi connectivity index (χ3v) is 4.19. The average Bonchev–Trinajstić information content (AvgIpc) is 2.59. The molecule has 0 atom stereocenters. The first-order valence-corrected chi connectivity index (χ1v) is 8.64. The van der Waals surface area contributed by atoms with Crippen LogP contribution in [0.5, 0.6) is 0 Å². The summed E-state index contributed by atoms with van der Waals surface area (Å²) < 4.78 is 1.10. The monoisotopic (exact) mass is 431 g/mol. The van der Waals surface area contributed by atoms with E-state index in [4.69, 9.17) is 0 Å². The van der Waals surface area contributed by atoms with E-state index < -0.39 is 5.91 Å². The maximum atomic E-state index is 12.4. The number of nitrogens with one attached hydrogen (secondary N) is 1. The van der Waals surface area contributed by atoms with E-state index in [1.165, 1.54) is 0 Å². The van der Waals surface area contributed by atoms with Gasteiger partial charge in [-0.25, -0.2) is 0 Å². The third-order valence-electron chi connectivity index (χ3n) is 3.52. The van der Waals surface area contributed by atoms with Crippen LogP contribution in [0.15, 0.2) is 60.3 Å². The Bertz CT molecular complexity index is 794. The van der Waals surface area contributed by atoms with Crippen molar-refractivity contribution in [3.8, 4) is 6.07 Å². The Hall–Kier alpha value is -2.33. The predicted molar refractivity (Wildman–Crippen MR) is 106 cm³/mol. The molecule has 122 valence electrons. The number of benzene rings is 2. The molecule has 0 bridgehead atoms. The number of hydrogen-bond acceptors (Lipinski definition) is 3. The van der Waals surface area contributed by atoms with Crippen LogP contribution < -0.4 is 10.2 Å². The second-order valence-corrected chi connectivity index (χ2v) is 6.44. The first kappa shape index (κ1) is 18.0. The fraction of sp³-hybridized carbons (Fsp3) is 0.158. The smallest absolute Gasteiger partial charge is 0.267 e. The minimum Gasteiger partial charge on any atom is -0.347 e. The topological polar surface area (TPSA) is 56.1 Å². The third kappa shape index (κ3) is 4.59. The van der Waals surface area contributed by atoms with Gasteiger partial charge in [-0.3, -0.25) is 4.79 Å². The van der Waals surface area contributed by atoms with Crippen molar-refractivity contribution in [1.29, 1.82) is 5.26 Å². The molecular weight excluding hydrogens is 413 g/mol. The number of nitriles is 1. The van der Waals surface area contributed by atoms with Gasteiger partial charge in [-0.15, -0.1) is 0 Å². The minimum absolute atomic E-state index is 0.0682. The number of rotatable bonds is 5. The molecule has 1 N–H and O–H groups in total. The number of halogens is 1. The van der Waals surface area contributed by atoms with Crippen LogP contribution in [0, 0.1) is 21.8 Å². The molecule has 0 spiro atoms. The molecule has 0 fully saturated rings. The van der Waals surface area contributed by atoms with Gasteiger partial charge < -0.3 is 10.2 Å². The number of aryl methyl sites for hydroxylation is 1. The van der Waals surface area contributed by atoms with E-state index in [0.29, 0.717) is 12.2 Å². The zero-order chi connectivity index (χ0) is 17.5. The van der Waals surface area contributed by atoms with Crippen LogP contribution in [0.25, 0.3) is 0 Å². The van der Waals surface area contributed by atoms with Crippen LogP contribution in [0.2, 0.25) is 0 Å². The summed E-state index contributed by atoms with van der Waals surface area (Å²) in [6.07, 6.45) is 1.59. The summed E-state index contributed by atoms with van der Waals surface area (Å²) in [4.78, 5) is 14.3. The Morgan fingerprint density at radius 2 is 2.00 bits per heavy atom. The molecule has 0 heterocycles. The van der Waals surface area contributed by atoms with Gasteiger partial charge in [0.2, 0.25) is 0 Å². The van der Waals surface area contributed by atoms with Gasteiger partial charge in [-0.05, 0) is 72.3 Å². The molecule has 5 heteroatoms. The Labute approximate surface area is 155 Å². The van der Waals surface area contributed by atoms with Crippen LogP contribution in [-0.2, 0) is 4.79 Å². The van der Waals surface area contributed by atoms with Crippen molar-refractivity contribution in [1.82, 2.24) is 0 Å². The molecule has 0 unspecified atom stereocenters. The fourth-order valence-corrected chi connectivity index (χ4v) is 2.87. The van der Waals surface area contributed by atoms with Gasteiger partial charge >= 0.3 is 0 Å². The Balaban J connectivity index is 2.23. The quantitative estimate of drug-likeness (QED) is 0.432. The maximum Gasteiger partial charge on any atom is 0.267 e. The summed E-state index contributed by atoms with van der Waals surface area (Å²) in [6, 6.07) is 17.4. The SMILES string of the molecule is CCN(/C=C(/C#N)C(=O)Nc1ccc(I)cc1C)c1ccccc1. The predicted octanol–water partition coefficient (Wildman–Crippen LogP) is 4.47. The zero-order valence-electron chi connectivity index (χ0n) is 13.6. The van der Waals surface area contributed by atoms with Crippen LogP contribution in [0.1, 0.15) is 12.5 Å². The van der Waals surface area contributed by atoms with E-state index in [9.17, 15) is 10.1 Å². The van der Waals surface area contributed by atoms with Gasteiger partial charge in [0.15, 0.2) is 0 Å².